The summed E-state index contributed by atoms with van der Waals surface area (Å²) in [5.74, 6) is -0.835. The van der Waals surface area contributed by atoms with Crippen LogP contribution < -0.4 is 5.32 Å². The molecule has 0 saturated carbocycles. The molecule has 16 heavy (non-hydrogen) atoms. The van der Waals surface area contributed by atoms with Gasteiger partial charge in [-0.25, -0.2) is 4.39 Å². The third kappa shape index (κ3) is 4.68. The van der Waals surface area contributed by atoms with Gasteiger partial charge in [0.05, 0.1) is 6.54 Å². The van der Waals surface area contributed by atoms with Gasteiger partial charge in [0.1, 0.15) is 6.67 Å². The van der Waals surface area contributed by atoms with Crippen LogP contribution in [0.5, 0.6) is 0 Å². The summed E-state index contributed by atoms with van der Waals surface area (Å²) in [6.07, 6.45) is 0.931. The van der Waals surface area contributed by atoms with Crippen LogP contribution in [0, 0.1) is 0 Å². The molecule has 1 N–H and O–H groups in total. The van der Waals surface area contributed by atoms with Crippen molar-refractivity contribution in [2.24, 2.45) is 0 Å². The highest BCUT2D eigenvalue weighted by Gasteiger charge is 2.05. The van der Waals surface area contributed by atoms with Crippen molar-refractivity contribution in [3.05, 3.63) is 35.9 Å². The fraction of sp³-hybridized carbons (Fsp3) is 0.333. The van der Waals surface area contributed by atoms with Gasteiger partial charge in [-0.3, -0.25) is 9.59 Å². The number of Topliss-reactive ketones (excluding diaryl/α,β-unsaturated/α-hetero) is 1. The second kappa shape index (κ2) is 6.71. The Balaban J connectivity index is 2.23. The van der Waals surface area contributed by atoms with Gasteiger partial charge in [0.25, 0.3) is 0 Å². The first kappa shape index (κ1) is 12.4. The third-order valence-electron chi connectivity index (χ3n) is 2.12. The zero-order chi connectivity index (χ0) is 11.8. The van der Waals surface area contributed by atoms with Gasteiger partial charge in [-0.15, -0.1) is 0 Å². The minimum atomic E-state index is -1.03. The van der Waals surface area contributed by atoms with Crippen LogP contribution in [0.2, 0.25) is 0 Å². The van der Waals surface area contributed by atoms with Crippen LogP contribution in [-0.2, 0) is 16.0 Å². The molecule has 1 rings (SSSR count). The first-order chi connectivity index (χ1) is 7.72. The summed E-state index contributed by atoms with van der Waals surface area (Å²) in [5.41, 5.74) is 1.06. The Bertz CT molecular complexity index is 351. The normalized spacial score (nSPS) is 9.81. The Morgan fingerprint density at radius 3 is 2.50 bits per heavy atom. The lowest BCUT2D eigenvalue weighted by Crippen LogP contribution is -2.30. The second-order valence-electron chi connectivity index (χ2n) is 3.43. The van der Waals surface area contributed by atoms with Gasteiger partial charge in [0.15, 0.2) is 5.78 Å². The predicted molar refractivity (Wildman–Crippen MR) is 58.8 cm³/mol. The fourth-order valence-electron chi connectivity index (χ4n) is 1.24. The standard InChI is InChI=1S/C12H14FNO2/c13-8-11(15)9-14-12(16)7-6-10-4-2-1-3-5-10/h1-5H,6-9H2,(H,14,16). The molecule has 0 aliphatic heterocycles. The first-order valence-electron chi connectivity index (χ1n) is 5.10. The first-order valence-corrected chi connectivity index (χ1v) is 5.10. The van der Waals surface area contributed by atoms with Crippen LogP contribution in [0.25, 0.3) is 0 Å². The van der Waals surface area contributed by atoms with Gasteiger partial charge < -0.3 is 5.32 Å². The highest BCUT2D eigenvalue weighted by Crippen LogP contribution is 2.01. The minimum Gasteiger partial charge on any atom is -0.349 e. The second-order valence-corrected chi connectivity index (χ2v) is 3.43. The van der Waals surface area contributed by atoms with E-state index in [1.807, 2.05) is 30.3 Å². The molecule has 0 spiro atoms. The molecule has 1 amide bonds. The molecule has 1 aromatic rings. The lowest BCUT2D eigenvalue weighted by atomic mass is 10.1. The number of carbonyl (C=O) groups is 2. The SMILES string of the molecule is O=C(CF)CNC(=O)CCc1ccccc1. The van der Waals surface area contributed by atoms with E-state index >= 15 is 0 Å². The molecule has 0 aromatic heterocycles. The van der Waals surface area contributed by atoms with Crippen molar-refractivity contribution in [2.45, 2.75) is 12.8 Å². The zero-order valence-corrected chi connectivity index (χ0v) is 8.91. The van der Waals surface area contributed by atoms with Crippen LogP contribution in [0.15, 0.2) is 30.3 Å². The Morgan fingerprint density at radius 1 is 1.19 bits per heavy atom. The summed E-state index contributed by atoms with van der Waals surface area (Å²) in [6.45, 7) is -1.25. The number of rotatable bonds is 6. The molecule has 0 heterocycles. The van der Waals surface area contributed by atoms with E-state index in [0.717, 1.165) is 5.56 Å². The number of halogens is 1. The van der Waals surface area contributed by atoms with E-state index in [1.165, 1.54) is 0 Å². The van der Waals surface area contributed by atoms with Crippen LogP contribution in [0.4, 0.5) is 4.39 Å². The van der Waals surface area contributed by atoms with E-state index < -0.39 is 12.5 Å². The summed E-state index contributed by atoms with van der Waals surface area (Å²) < 4.78 is 11.8. The molecule has 0 aliphatic carbocycles. The maximum Gasteiger partial charge on any atom is 0.220 e. The van der Waals surface area contributed by atoms with Crippen LogP contribution in [0.3, 0.4) is 0 Å². The van der Waals surface area contributed by atoms with Gasteiger partial charge in [-0.2, -0.15) is 0 Å². The zero-order valence-electron chi connectivity index (χ0n) is 8.91. The Hall–Kier alpha value is -1.71. The van der Waals surface area contributed by atoms with Crippen LogP contribution in [0.1, 0.15) is 12.0 Å². The monoisotopic (exact) mass is 223 g/mol. The Kier molecular flexibility index (Phi) is 5.19. The minimum absolute atomic E-state index is 0.218. The van der Waals surface area contributed by atoms with Crippen molar-refractivity contribution >= 4 is 11.7 Å². The molecule has 4 heteroatoms. The molecule has 0 saturated heterocycles. The van der Waals surface area contributed by atoms with Crippen molar-refractivity contribution in [1.82, 2.24) is 5.32 Å². The molecule has 0 aliphatic rings. The number of amides is 1. The summed E-state index contributed by atoms with van der Waals surface area (Å²) in [4.78, 5) is 21.9. The van der Waals surface area contributed by atoms with E-state index in [1.54, 1.807) is 0 Å². The predicted octanol–water partition coefficient (Wildman–Crippen LogP) is 1.27. The van der Waals surface area contributed by atoms with E-state index in [-0.39, 0.29) is 12.5 Å². The molecule has 0 radical (unpaired) electrons. The summed E-state index contributed by atoms with van der Waals surface area (Å²) in [5, 5.41) is 2.38. The van der Waals surface area contributed by atoms with Gasteiger partial charge in [0, 0.05) is 6.42 Å². The van der Waals surface area contributed by atoms with Crippen molar-refractivity contribution in [2.75, 3.05) is 13.2 Å². The molecule has 0 unspecified atom stereocenters. The number of ketones is 1. The molecule has 0 bridgehead atoms. The highest BCUT2D eigenvalue weighted by atomic mass is 19.1. The maximum atomic E-state index is 11.8. The van der Waals surface area contributed by atoms with Gasteiger partial charge >= 0.3 is 0 Å². The summed E-state index contributed by atoms with van der Waals surface area (Å²) in [6, 6.07) is 9.57. The van der Waals surface area contributed by atoms with Gasteiger partial charge in [0.2, 0.25) is 5.91 Å². The Labute approximate surface area is 93.7 Å². The molecular weight excluding hydrogens is 209 g/mol. The number of hydrogen-bond donors (Lipinski definition) is 1. The molecule has 86 valence electrons. The van der Waals surface area contributed by atoms with E-state index in [4.69, 9.17) is 0 Å². The average molecular weight is 223 g/mol. The summed E-state index contributed by atoms with van der Waals surface area (Å²) in [7, 11) is 0. The molecular formula is C12H14FNO2. The summed E-state index contributed by atoms with van der Waals surface area (Å²) >= 11 is 0. The maximum absolute atomic E-state index is 11.8. The number of carbonyl (C=O) groups excluding carboxylic acids is 2. The van der Waals surface area contributed by atoms with Crippen molar-refractivity contribution in [1.29, 1.82) is 0 Å². The van der Waals surface area contributed by atoms with E-state index in [9.17, 15) is 14.0 Å². The average Bonchev–Trinajstić information content (AvgIpc) is 2.34. The fourth-order valence-corrected chi connectivity index (χ4v) is 1.24. The lowest BCUT2D eigenvalue weighted by molar-refractivity contribution is -0.125. The van der Waals surface area contributed by atoms with E-state index in [0.29, 0.717) is 12.8 Å². The molecule has 0 fully saturated rings. The van der Waals surface area contributed by atoms with Crippen LogP contribution in [-0.4, -0.2) is 24.9 Å². The lowest BCUT2D eigenvalue weighted by Gasteiger charge is -2.03. The van der Waals surface area contributed by atoms with Crippen LogP contribution >= 0.6 is 0 Å². The third-order valence-corrected chi connectivity index (χ3v) is 2.12. The van der Waals surface area contributed by atoms with Gasteiger partial charge in [-0.1, -0.05) is 30.3 Å². The number of aryl methyl sites for hydroxylation is 1. The number of benzene rings is 1. The highest BCUT2D eigenvalue weighted by molar-refractivity contribution is 5.86. The largest absolute Gasteiger partial charge is 0.349 e. The van der Waals surface area contributed by atoms with E-state index in [2.05, 4.69) is 5.32 Å². The molecule has 0 atom stereocenters. The molecule has 3 nitrogen and oxygen atoms in total. The Morgan fingerprint density at radius 2 is 1.88 bits per heavy atom. The van der Waals surface area contributed by atoms with Crippen molar-refractivity contribution in [3.8, 4) is 0 Å². The van der Waals surface area contributed by atoms with Gasteiger partial charge in [-0.05, 0) is 12.0 Å². The smallest absolute Gasteiger partial charge is 0.220 e. The topological polar surface area (TPSA) is 46.2 Å². The van der Waals surface area contributed by atoms with Crippen molar-refractivity contribution in [3.63, 3.8) is 0 Å². The number of hydrogen-bond acceptors (Lipinski definition) is 2. The quantitative estimate of drug-likeness (QED) is 0.789. The number of alkyl halides is 1. The number of nitrogens with one attached hydrogen (secondary N) is 1. The van der Waals surface area contributed by atoms with Crippen molar-refractivity contribution < 1.29 is 14.0 Å². The molecule has 1 aromatic carbocycles.